The highest BCUT2D eigenvalue weighted by Crippen LogP contribution is 2.63. The molecule has 0 fully saturated rings. The number of aryl methyl sites for hydroxylation is 3. The first kappa shape index (κ1) is 24.5. The van der Waals surface area contributed by atoms with Crippen LogP contribution in [0, 0.1) is 20.8 Å². The maximum atomic E-state index is 2.69. The van der Waals surface area contributed by atoms with Crippen molar-refractivity contribution in [3.8, 4) is 0 Å². The van der Waals surface area contributed by atoms with E-state index in [1.807, 2.05) is 0 Å². The Kier molecular flexibility index (Phi) is 4.39. The molecule has 5 aliphatic heterocycles. The monoisotopic (exact) mass is 573 g/mol. The van der Waals surface area contributed by atoms with Crippen molar-refractivity contribution in [1.29, 1.82) is 0 Å². The first-order valence-corrected chi connectivity index (χ1v) is 16.5. The van der Waals surface area contributed by atoms with Crippen LogP contribution in [0.2, 0.25) is 0 Å². The molecule has 1 unspecified atom stereocenters. The number of nitrogens with zero attached hydrogens (tertiary/aromatic N) is 1. The van der Waals surface area contributed by atoms with Crippen LogP contribution in [0.25, 0.3) is 0 Å². The van der Waals surface area contributed by atoms with Gasteiger partial charge in [0.1, 0.15) is 0 Å². The summed E-state index contributed by atoms with van der Waals surface area (Å²) in [6.45, 7) is 7.18. The largest absolute Gasteiger partial charge is 0.309 e. The van der Waals surface area contributed by atoms with Gasteiger partial charge in [-0.1, -0.05) is 120 Å². The quantitative estimate of drug-likeness (QED) is 0.172. The smallest absolute Gasteiger partial charge is 0.242 e. The molecule has 0 radical (unpaired) electrons. The summed E-state index contributed by atoms with van der Waals surface area (Å²) in [7, 11) is 0. The molecule has 5 heterocycles. The minimum absolute atomic E-state index is 0.243. The molecule has 0 amide bonds. The maximum absolute atomic E-state index is 2.69. The third kappa shape index (κ3) is 2.68. The summed E-state index contributed by atoms with van der Waals surface area (Å²) >= 11 is 0. The van der Waals surface area contributed by atoms with Gasteiger partial charge in [0, 0.05) is 12.8 Å². The van der Waals surface area contributed by atoms with Gasteiger partial charge in [-0.25, -0.2) is 0 Å². The number of anilines is 3. The van der Waals surface area contributed by atoms with Crippen molar-refractivity contribution < 1.29 is 0 Å². The number of para-hydroxylation sites is 2. The molecule has 2 heteroatoms. The van der Waals surface area contributed by atoms with Gasteiger partial charge >= 0.3 is 0 Å². The van der Waals surface area contributed by atoms with E-state index >= 15 is 0 Å². The summed E-state index contributed by atoms with van der Waals surface area (Å²) < 4.78 is 0. The lowest BCUT2D eigenvalue weighted by atomic mass is 9.27. The van der Waals surface area contributed by atoms with Gasteiger partial charge in [0.2, 0.25) is 6.71 Å². The first-order valence-electron chi connectivity index (χ1n) is 16.5. The normalized spacial score (nSPS) is 18.3. The second-order valence-electron chi connectivity index (χ2n) is 14.1. The highest BCUT2D eigenvalue weighted by Gasteiger charge is 2.56. The molecule has 0 N–H and O–H groups in total. The van der Waals surface area contributed by atoms with E-state index < -0.39 is 5.41 Å². The van der Waals surface area contributed by atoms with Crippen LogP contribution in [0.15, 0.2) is 103 Å². The highest BCUT2D eigenvalue weighted by atomic mass is 15.2. The molecule has 45 heavy (non-hydrogen) atoms. The standard InChI is InChI=1S/C43H32BN/c1-24-9-6-16-37-30(24)23-31-25(2)18-20-34-39(31)44(37)38-15-5-4-12-33(38)43(34)35-13-7-10-27-21-29-19-17-26(3)32-22-28-11-8-14-36(43)42(28)45(40(29)32)41(27)35/h4-20H,21-23H2,1-3H3. The lowest BCUT2D eigenvalue weighted by Crippen LogP contribution is -2.66. The van der Waals surface area contributed by atoms with Crippen molar-refractivity contribution in [3.63, 3.8) is 0 Å². The van der Waals surface area contributed by atoms with Gasteiger partial charge in [-0.05, 0) is 99.5 Å². The summed E-state index contributed by atoms with van der Waals surface area (Å²) in [4.78, 5) is 2.69. The van der Waals surface area contributed by atoms with Crippen LogP contribution >= 0.6 is 0 Å². The van der Waals surface area contributed by atoms with Gasteiger partial charge in [-0.15, -0.1) is 0 Å². The van der Waals surface area contributed by atoms with Crippen LogP contribution in [0.3, 0.4) is 0 Å². The van der Waals surface area contributed by atoms with E-state index in [1.165, 1.54) is 100 Å². The van der Waals surface area contributed by atoms with Gasteiger partial charge in [0.15, 0.2) is 0 Å². The minimum atomic E-state index is -0.391. The molecule has 11 rings (SSSR count). The van der Waals surface area contributed by atoms with Gasteiger partial charge in [0.25, 0.3) is 0 Å². The summed E-state index contributed by atoms with van der Waals surface area (Å²) in [5.41, 5.74) is 27.4. The number of benzene rings is 6. The number of hydrogen-bond acceptors (Lipinski definition) is 1. The van der Waals surface area contributed by atoms with E-state index in [0.29, 0.717) is 0 Å². The summed E-state index contributed by atoms with van der Waals surface area (Å²) in [6.07, 6.45) is 2.98. The molecule has 0 saturated heterocycles. The maximum Gasteiger partial charge on any atom is 0.242 e. The lowest BCUT2D eigenvalue weighted by Gasteiger charge is -2.54. The van der Waals surface area contributed by atoms with Crippen LogP contribution in [0.5, 0.6) is 0 Å². The van der Waals surface area contributed by atoms with Crippen molar-refractivity contribution in [3.05, 3.63) is 175 Å². The number of rotatable bonds is 0. The Bertz CT molecular complexity index is 2340. The van der Waals surface area contributed by atoms with Crippen molar-refractivity contribution in [2.75, 3.05) is 4.90 Å². The zero-order valence-corrected chi connectivity index (χ0v) is 26.0. The topological polar surface area (TPSA) is 3.24 Å². The molecule has 0 bridgehead atoms. The van der Waals surface area contributed by atoms with Crippen LogP contribution in [-0.2, 0) is 24.7 Å². The molecular formula is C43H32BN. The molecule has 1 atom stereocenters. The predicted octanol–water partition coefficient (Wildman–Crippen LogP) is 7.32. The van der Waals surface area contributed by atoms with E-state index in [0.717, 1.165) is 19.3 Å². The minimum Gasteiger partial charge on any atom is -0.309 e. The zero-order chi connectivity index (χ0) is 29.8. The van der Waals surface area contributed by atoms with Crippen molar-refractivity contribution >= 4 is 40.2 Å². The molecule has 6 aromatic rings. The fourth-order valence-electron chi connectivity index (χ4n) is 10.3. The zero-order valence-electron chi connectivity index (χ0n) is 26.0. The summed E-state index contributed by atoms with van der Waals surface area (Å²) in [6, 6.07) is 40.5. The Morgan fingerprint density at radius 2 is 1.09 bits per heavy atom. The van der Waals surface area contributed by atoms with Crippen LogP contribution in [0.4, 0.5) is 17.1 Å². The number of fused-ring (bicyclic) bond motifs is 8. The fourth-order valence-corrected chi connectivity index (χ4v) is 10.3. The SMILES string of the molecule is Cc1cccc2c1Cc1c(C)ccc3c1B2c1ccccc1C31c2cccc3c2N2c4c(cccc41)Cc1c(C)ccc(c12)C3. The first-order chi connectivity index (χ1) is 22.1. The van der Waals surface area contributed by atoms with E-state index in [1.54, 1.807) is 5.46 Å². The second kappa shape index (κ2) is 8.06. The summed E-state index contributed by atoms with van der Waals surface area (Å²) in [5.74, 6) is 0. The molecular weight excluding hydrogens is 541 g/mol. The fraction of sp³-hybridized carbons (Fsp3) is 0.163. The average molecular weight is 574 g/mol. The van der Waals surface area contributed by atoms with E-state index in [-0.39, 0.29) is 6.71 Å². The summed E-state index contributed by atoms with van der Waals surface area (Å²) in [5, 5.41) is 0. The Hall–Kier alpha value is -4.82. The van der Waals surface area contributed by atoms with Gasteiger partial charge in [-0.2, -0.15) is 0 Å². The van der Waals surface area contributed by atoms with Crippen molar-refractivity contribution in [2.45, 2.75) is 45.4 Å². The predicted molar refractivity (Wildman–Crippen MR) is 187 cm³/mol. The molecule has 0 aliphatic carbocycles. The van der Waals surface area contributed by atoms with Crippen molar-refractivity contribution in [1.82, 2.24) is 0 Å². The Morgan fingerprint density at radius 1 is 0.467 bits per heavy atom. The average Bonchev–Trinajstić information content (AvgIpc) is 3.07. The molecule has 0 saturated carbocycles. The van der Waals surface area contributed by atoms with Crippen molar-refractivity contribution in [2.24, 2.45) is 0 Å². The third-order valence-corrected chi connectivity index (χ3v) is 12.1. The molecule has 1 nitrogen and oxygen atoms in total. The van der Waals surface area contributed by atoms with E-state index in [2.05, 4.69) is 129 Å². The molecule has 212 valence electrons. The molecule has 6 aromatic carbocycles. The van der Waals surface area contributed by atoms with Crippen LogP contribution in [0.1, 0.15) is 72.3 Å². The molecule has 5 aliphatic rings. The van der Waals surface area contributed by atoms with Gasteiger partial charge < -0.3 is 4.90 Å². The van der Waals surface area contributed by atoms with Gasteiger partial charge in [-0.3, -0.25) is 0 Å². The lowest BCUT2D eigenvalue weighted by molar-refractivity contribution is 0.723. The van der Waals surface area contributed by atoms with Crippen LogP contribution < -0.4 is 21.3 Å². The number of hydrogen-bond donors (Lipinski definition) is 0. The van der Waals surface area contributed by atoms with Crippen LogP contribution in [-0.4, -0.2) is 6.71 Å². The molecule has 1 spiro atoms. The molecule has 0 aromatic heterocycles. The second-order valence-corrected chi connectivity index (χ2v) is 14.1. The Labute approximate surface area is 265 Å². The van der Waals surface area contributed by atoms with E-state index in [4.69, 9.17) is 0 Å². The Balaban J connectivity index is 1.34. The Morgan fingerprint density at radius 3 is 1.91 bits per heavy atom. The van der Waals surface area contributed by atoms with E-state index in [9.17, 15) is 0 Å². The van der Waals surface area contributed by atoms with Gasteiger partial charge in [0.05, 0.1) is 22.5 Å². The highest BCUT2D eigenvalue weighted by molar-refractivity contribution is 6.97. The third-order valence-electron chi connectivity index (χ3n) is 12.1.